The number of rotatable bonds is 5. The first-order chi connectivity index (χ1) is 8.67. The van der Waals surface area contributed by atoms with E-state index in [0.29, 0.717) is 19.1 Å². The summed E-state index contributed by atoms with van der Waals surface area (Å²) in [6.45, 7) is 4.83. The minimum absolute atomic E-state index is 0.131. The number of hydrogen-bond acceptors (Lipinski definition) is 8. The summed E-state index contributed by atoms with van der Waals surface area (Å²) in [6, 6.07) is 0.225. The molecule has 2 aromatic heterocycles. The molecule has 0 aliphatic heterocycles. The van der Waals surface area contributed by atoms with Crippen molar-refractivity contribution in [1.29, 1.82) is 0 Å². The summed E-state index contributed by atoms with van der Waals surface area (Å²) in [5.41, 5.74) is 6.57. The van der Waals surface area contributed by atoms with Crippen LogP contribution in [0.4, 0.5) is 11.9 Å². The Kier molecular flexibility index (Phi) is 3.88. The number of anilines is 2. The van der Waals surface area contributed by atoms with E-state index < -0.39 is 0 Å². The third-order valence-electron chi connectivity index (χ3n) is 1.97. The first kappa shape index (κ1) is 12.5. The molecule has 2 aromatic rings. The van der Waals surface area contributed by atoms with Gasteiger partial charge >= 0.3 is 6.01 Å². The van der Waals surface area contributed by atoms with Crippen molar-refractivity contribution in [3.05, 3.63) is 16.1 Å². The van der Waals surface area contributed by atoms with Gasteiger partial charge in [0.05, 0.1) is 13.2 Å². The van der Waals surface area contributed by atoms with Gasteiger partial charge in [0.15, 0.2) is 0 Å². The van der Waals surface area contributed by atoms with E-state index in [-0.39, 0.29) is 12.0 Å². The zero-order chi connectivity index (χ0) is 13.0. The van der Waals surface area contributed by atoms with E-state index in [1.54, 1.807) is 11.3 Å². The molecule has 0 saturated heterocycles. The van der Waals surface area contributed by atoms with Crippen LogP contribution in [0.5, 0.6) is 6.01 Å². The molecule has 2 rings (SSSR count). The average molecular weight is 266 g/mol. The molecule has 0 amide bonds. The Balaban J connectivity index is 2.04. The number of nitrogen functional groups attached to an aromatic ring is 1. The Morgan fingerprint density at radius 2 is 2.17 bits per heavy atom. The van der Waals surface area contributed by atoms with Gasteiger partial charge in [0, 0.05) is 11.1 Å². The highest BCUT2D eigenvalue weighted by Crippen LogP contribution is 2.12. The normalized spacial score (nSPS) is 10.3. The molecular formula is C10H14N6OS. The van der Waals surface area contributed by atoms with Crippen molar-refractivity contribution >= 4 is 23.2 Å². The summed E-state index contributed by atoms with van der Waals surface area (Å²) < 4.78 is 5.19. The van der Waals surface area contributed by atoms with Crippen LogP contribution in [0.2, 0.25) is 0 Å². The molecule has 0 unspecified atom stereocenters. The Morgan fingerprint density at radius 3 is 2.83 bits per heavy atom. The summed E-state index contributed by atoms with van der Waals surface area (Å²) in [7, 11) is 0. The van der Waals surface area contributed by atoms with Gasteiger partial charge in [-0.3, -0.25) is 0 Å². The van der Waals surface area contributed by atoms with Crippen molar-refractivity contribution in [2.45, 2.75) is 20.4 Å². The molecule has 2 heterocycles. The van der Waals surface area contributed by atoms with E-state index >= 15 is 0 Å². The largest absolute Gasteiger partial charge is 0.464 e. The van der Waals surface area contributed by atoms with E-state index in [1.807, 2.05) is 19.2 Å². The maximum Gasteiger partial charge on any atom is 0.323 e. The lowest BCUT2D eigenvalue weighted by Crippen LogP contribution is -2.09. The lowest BCUT2D eigenvalue weighted by atomic mass is 10.6. The maximum absolute atomic E-state index is 5.57. The number of thiazole rings is 1. The van der Waals surface area contributed by atoms with Gasteiger partial charge in [-0.25, -0.2) is 4.98 Å². The third-order valence-corrected chi connectivity index (χ3v) is 2.94. The molecular weight excluding hydrogens is 252 g/mol. The van der Waals surface area contributed by atoms with E-state index in [0.717, 1.165) is 10.7 Å². The van der Waals surface area contributed by atoms with E-state index in [4.69, 9.17) is 10.5 Å². The van der Waals surface area contributed by atoms with Crippen LogP contribution >= 0.6 is 11.3 Å². The summed E-state index contributed by atoms with van der Waals surface area (Å²) >= 11 is 1.58. The van der Waals surface area contributed by atoms with Crippen molar-refractivity contribution in [3.63, 3.8) is 0 Å². The predicted molar refractivity (Wildman–Crippen MR) is 69.6 cm³/mol. The first-order valence-corrected chi connectivity index (χ1v) is 6.34. The Labute approximate surface area is 108 Å². The van der Waals surface area contributed by atoms with Crippen LogP contribution in [0.15, 0.2) is 5.38 Å². The van der Waals surface area contributed by atoms with Crippen molar-refractivity contribution in [2.24, 2.45) is 0 Å². The van der Waals surface area contributed by atoms with Gasteiger partial charge < -0.3 is 15.8 Å². The Morgan fingerprint density at radius 1 is 1.33 bits per heavy atom. The quantitative estimate of drug-likeness (QED) is 0.839. The number of ether oxygens (including phenoxy) is 1. The minimum atomic E-state index is 0.131. The van der Waals surface area contributed by atoms with Crippen LogP contribution in [-0.4, -0.2) is 26.5 Å². The number of hydrogen-bond donors (Lipinski definition) is 2. The van der Waals surface area contributed by atoms with E-state index in [1.165, 1.54) is 0 Å². The van der Waals surface area contributed by atoms with Gasteiger partial charge in [-0.2, -0.15) is 15.0 Å². The number of nitrogens with zero attached hydrogens (tertiary/aromatic N) is 4. The van der Waals surface area contributed by atoms with Crippen molar-refractivity contribution in [2.75, 3.05) is 17.7 Å². The topological polar surface area (TPSA) is 98.8 Å². The number of nitrogens with two attached hydrogens (primary N) is 1. The van der Waals surface area contributed by atoms with E-state index in [9.17, 15) is 0 Å². The highest BCUT2D eigenvalue weighted by molar-refractivity contribution is 7.09. The first-order valence-electron chi connectivity index (χ1n) is 5.46. The zero-order valence-corrected chi connectivity index (χ0v) is 11.0. The lowest BCUT2D eigenvalue weighted by Gasteiger charge is -2.05. The molecule has 0 bridgehead atoms. The average Bonchev–Trinajstić information content (AvgIpc) is 2.72. The summed E-state index contributed by atoms with van der Waals surface area (Å²) in [5, 5.41) is 5.99. The molecule has 0 fully saturated rings. The van der Waals surface area contributed by atoms with Crippen LogP contribution in [0.3, 0.4) is 0 Å². The fraction of sp³-hybridized carbons (Fsp3) is 0.400. The molecule has 96 valence electrons. The predicted octanol–water partition coefficient (Wildman–Crippen LogP) is 1.23. The van der Waals surface area contributed by atoms with Crippen LogP contribution in [0, 0.1) is 6.92 Å². The van der Waals surface area contributed by atoms with E-state index in [2.05, 4.69) is 25.3 Å². The van der Waals surface area contributed by atoms with Crippen molar-refractivity contribution < 1.29 is 4.74 Å². The SMILES string of the molecule is CCOc1nc(N)nc(NCc2nc(C)cs2)n1. The Hall–Kier alpha value is -1.96. The molecule has 8 heteroatoms. The molecule has 0 aliphatic rings. The molecule has 3 N–H and O–H groups in total. The van der Waals surface area contributed by atoms with Gasteiger partial charge in [0.1, 0.15) is 5.01 Å². The smallest absolute Gasteiger partial charge is 0.323 e. The van der Waals surface area contributed by atoms with Gasteiger partial charge in [0.2, 0.25) is 11.9 Å². The van der Waals surface area contributed by atoms with Gasteiger partial charge in [-0.1, -0.05) is 0 Å². The van der Waals surface area contributed by atoms with Crippen LogP contribution in [-0.2, 0) is 6.54 Å². The number of nitrogens with one attached hydrogen (secondary N) is 1. The fourth-order valence-electron chi connectivity index (χ4n) is 1.28. The number of aryl methyl sites for hydroxylation is 1. The highest BCUT2D eigenvalue weighted by Gasteiger charge is 2.05. The van der Waals surface area contributed by atoms with Gasteiger partial charge in [-0.15, -0.1) is 11.3 Å². The zero-order valence-electron chi connectivity index (χ0n) is 10.2. The van der Waals surface area contributed by atoms with Gasteiger partial charge in [0.25, 0.3) is 0 Å². The molecule has 7 nitrogen and oxygen atoms in total. The third kappa shape index (κ3) is 3.27. The second-order valence-electron chi connectivity index (χ2n) is 3.47. The second-order valence-corrected chi connectivity index (χ2v) is 4.41. The van der Waals surface area contributed by atoms with Crippen LogP contribution in [0.25, 0.3) is 0 Å². The minimum Gasteiger partial charge on any atom is -0.464 e. The van der Waals surface area contributed by atoms with Crippen LogP contribution in [0.1, 0.15) is 17.6 Å². The second kappa shape index (κ2) is 5.58. The molecule has 0 atom stereocenters. The summed E-state index contributed by atoms with van der Waals surface area (Å²) in [4.78, 5) is 16.3. The molecule has 0 spiro atoms. The van der Waals surface area contributed by atoms with Crippen LogP contribution < -0.4 is 15.8 Å². The number of aromatic nitrogens is 4. The van der Waals surface area contributed by atoms with Crippen molar-refractivity contribution in [1.82, 2.24) is 19.9 Å². The van der Waals surface area contributed by atoms with Crippen molar-refractivity contribution in [3.8, 4) is 6.01 Å². The lowest BCUT2D eigenvalue weighted by molar-refractivity contribution is 0.312. The molecule has 0 radical (unpaired) electrons. The monoisotopic (exact) mass is 266 g/mol. The fourth-order valence-corrected chi connectivity index (χ4v) is 1.99. The molecule has 0 saturated carbocycles. The summed E-state index contributed by atoms with van der Waals surface area (Å²) in [6.07, 6.45) is 0. The molecule has 0 aromatic carbocycles. The molecule has 18 heavy (non-hydrogen) atoms. The van der Waals surface area contributed by atoms with Gasteiger partial charge in [-0.05, 0) is 13.8 Å². The maximum atomic E-state index is 5.57. The highest BCUT2D eigenvalue weighted by atomic mass is 32.1. The summed E-state index contributed by atoms with van der Waals surface area (Å²) in [5.74, 6) is 0.519. The standard InChI is InChI=1S/C10H14N6OS/c1-3-17-10-15-8(11)14-9(16-10)12-4-7-13-6(2)5-18-7/h5H,3-4H2,1-2H3,(H3,11,12,14,15,16). The molecule has 0 aliphatic carbocycles. The Bertz CT molecular complexity index is 529.